The summed E-state index contributed by atoms with van der Waals surface area (Å²) in [4.78, 5) is 11.5. The van der Waals surface area contributed by atoms with E-state index in [0.717, 1.165) is 42.4 Å². The fourth-order valence-corrected chi connectivity index (χ4v) is 12.5. The van der Waals surface area contributed by atoms with Crippen molar-refractivity contribution in [3.8, 4) is 0 Å². The van der Waals surface area contributed by atoms with Gasteiger partial charge in [-0.05, 0) is 153 Å². The highest BCUT2D eigenvalue weighted by Crippen LogP contribution is 2.75. The van der Waals surface area contributed by atoms with E-state index in [1.807, 2.05) is 0 Å². The molecule has 3 nitrogen and oxygen atoms in total. The predicted octanol–water partition coefficient (Wildman–Crippen LogP) is 9.19. The van der Waals surface area contributed by atoms with Gasteiger partial charge in [0.1, 0.15) is 0 Å². The smallest absolute Gasteiger partial charge is 0.306 e. The van der Waals surface area contributed by atoms with E-state index in [2.05, 4.69) is 59.0 Å². The number of aliphatic carboxylic acids is 1. The third-order valence-corrected chi connectivity index (χ3v) is 14.9. The lowest BCUT2D eigenvalue weighted by molar-refractivity contribution is -0.212. The average molecular weight is 550 g/mol. The molecule has 4 fully saturated rings. The fourth-order valence-electron chi connectivity index (χ4n) is 12.5. The summed E-state index contributed by atoms with van der Waals surface area (Å²) in [6.45, 7) is 16.7. The molecule has 224 valence electrons. The number of carbonyl (C=O) groups is 1. The summed E-state index contributed by atoms with van der Waals surface area (Å²) in [7, 11) is 0. The number of hydrogen-bond donors (Lipinski definition) is 2. The summed E-state index contributed by atoms with van der Waals surface area (Å²) >= 11 is 0. The first-order valence-electron chi connectivity index (χ1n) is 17.3. The number of nitrogens with one attached hydrogen (secondary N) is 1. The average Bonchev–Trinajstić information content (AvgIpc) is 3.33. The van der Waals surface area contributed by atoms with E-state index in [1.54, 1.807) is 5.57 Å². The van der Waals surface area contributed by atoms with Gasteiger partial charge in [-0.1, -0.05) is 60.1 Å². The van der Waals surface area contributed by atoms with Crippen molar-refractivity contribution in [2.45, 2.75) is 137 Å². The van der Waals surface area contributed by atoms with E-state index < -0.39 is 5.97 Å². The quantitative estimate of drug-likeness (QED) is 0.347. The maximum atomic E-state index is 11.5. The van der Waals surface area contributed by atoms with Crippen LogP contribution in [0, 0.1) is 57.7 Å². The molecule has 6 rings (SSSR count). The zero-order valence-corrected chi connectivity index (χ0v) is 26.7. The van der Waals surface area contributed by atoms with E-state index in [-0.39, 0.29) is 5.92 Å². The fraction of sp³-hybridized carbons (Fsp3) is 0.865. The van der Waals surface area contributed by atoms with E-state index >= 15 is 0 Å². The minimum absolute atomic E-state index is 0.181. The molecule has 2 N–H and O–H groups in total. The van der Waals surface area contributed by atoms with Gasteiger partial charge in [-0.25, -0.2) is 0 Å². The van der Waals surface area contributed by atoms with Gasteiger partial charge in [-0.2, -0.15) is 0 Å². The SMILES string of the molecule is CC(C)CCNC12CCCC1C1CCC3C4(C)CC=C(C5=CCC(C(=O)O)CC5)C(C)C4CCC3(C)[C@]1(C)CC2. The van der Waals surface area contributed by atoms with Gasteiger partial charge in [0.2, 0.25) is 0 Å². The normalized spacial score (nSPS) is 48.4. The summed E-state index contributed by atoms with van der Waals surface area (Å²) in [5, 5.41) is 13.7. The minimum Gasteiger partial charge on any atom is -0.481 e. The number of carboxylic acid groups (broad SMARTS) is 1. The number of carboxylic acids is 1. The molecule has 0 aromatic rings. The Bertz CT molecular complexity index is 1060. The molecule has 0 aliphatic heterocycles. The summed E-state index contributed by atoms with van der Waals surface area (Å²) in [5.74, 6) is 3.93. The molecule has 4 saturated carbocycles. The summed E-state index contributed by atoms with van der Waals surface area (Å²) < 4.78 is 0. The van der Waals surface area contributed by atoms with Gasteiger partial charge in [-0.15, -0.1) is 0 Å². The van der Waals surface area contributed by atoms with Crippen molar-refractivity contribution in [2.75, 3.05) is 6.54 Å². The second kappa shape index (κ2) is 10.3. The largest absolute Gasteiger partial charge is 0.481 e. The van der Waals surface area contributed by atoms with E-state index in [1.165, 1.54) is 82.7 Å². The number of hydrogen-bond acceptors (Lipinski definition) is 2. The number of fused-ring (bicyclic) bond motifs is 7. The zero-order chi connectivity index (χ0) is 28.5. The van der Waals surface area contributed by atoms with Crippen LogP contribution in [-0.2, 0) is 4.79 Å². The monoisotopic (exact) mass is 549 g/mol. The van der Waals surface area contributed by atoms with Crippen molar-refractivity contribution >= 4 is 5.97 Å². The Kier molecular flexibility index (Phi) is 7.45. The Balaban J connectivity index is 1.24. The Hall–Kier alpha value is -1.09. The lowest BCUT2D eigenvalue weighted by atomic mass is 9.34. The van der Waals surface area contributed by atoms with Crippen molar-refractivity contribution in [1.82, 2.24) is 5.32 Å². The molecule has 40 heavy (non-hydrogen) atoms. The standard InChI is InChI=1S/C37H59NO2/c1-24(2)17-23-38-37-18-7-8-31(37)30-13-14-32-34(4)19-15-28(26-9-11-27(12-10-26)33(39)40)25(3)29(34)16-20-36(32,6)35(30,5)21-22-37/h9,15,24-25,27,29-32,38H,7-8,10-14,16-23H2,1-6H3,(H,39,40)/t25?,27?,29?,30?,31?,32?,34?,35-,36?,37?/m1/s1. The highest BCUT2D eigenvalue weighted by molar-refractivity contribution is 5.70. The van der Waals surface area contributed by atoms with Crippen molar-refractivity contribution in [3.63, 3.8) is 0 Å². The molecular formula is C37H59NO2. The van der Waals surface area contributed by atoms with E-state index in [9.17, 15) is 9.90 Å². The first-order chi connectivity index (χ1) is 19.0. The molecule has 0 spiro atoms. The molecular weight excluding hydrogens is 490 g/mol. The van der Waals surface area contributed by atoms with Gasteiger partial charge >= 0.3 is 5.97 Å². The number of rotatable bonds is 6. The highest BCUT2D eigenvalue weighted by Gasteiger charge is 2.68. The third-order valence-electron chi connectivity index (χ3n) is 14.9. The summed E-state index contributed by atoms with van der Waals surface area (Å²) in [5.41, 5.74) is 4.78. The molecule has 0 amide bonds. The molecule has 9 unspecified atom stereocenters. The van der Waals surface area contributed by atoms with Crippen LogP contribution in [0.1, 0.15) is 131 Å². The second-order valence-corrected chi connectivity index (χ2v) is 16.7. The predicted molar refractivity (Wildman–Crippen MR) is 165 cm³/mol. The van der Waals surface area contributed by atoms with Gasteiger partial charge in [-0.3, -0.25) is 4.79 Å². The van der Waals surface area contributed by atoms with Crippen molar-refractivity contribution in [1.29, 1.82) is 0 Å². The Labute approximate surface area is 245 Å². The van der Waals surface area contributed by atoms with Crippen LogP contribution < -0.4 is 5.32 Å². The molecule has 3 heteroatoms. The molecule has 0 aromatic heterocycles. The van der Waals surface area contributed by atoms with Gasteiger partial charge in [0.25, 0.3) is 0 Å². The highest BCUT2D eigenvalue weighted by atomic mass is 16.4. The topological polar surface area (TPSA) is 49.3 Å². The minimum atomic E-state index is -0.617. The van der Waals surface area contributed by atoms with Crippen LogP contribution in [0.3, 0.4) is 0 Å². The van der Waals surface area contributed by atoms with Crippen molar-refractivity contribution < 1.29 is 9.90 Å². The van der Waals surface area contributed by atoms with Crippen molar-refractivity contribution in [3.05, 3.63) is 23.3 Å². The van der Waals surface area contributed by atoms with Crippen molar-refractivity contribution in [2.24, 2.45) is 57.7 Å². The summed E-state index contributed by atoms with van der Waals surface area (Å²) in [6, 6.07) is 0. The lowest BCUT2D eigenvalue weighted by Gasteiger charge is -2.71. The maximum Gasteiger partial charge on any atom is 0.306 e. The second-order valence-electron chi connectivity index (χ2n) is 16.7. The summed E-state index contributed by atoms with van der Waals surface area (Å²) in [6.07, 6.45) is 22.7. The third kappa shape index (κ3) is 4.24. The van der Waals surface area contributed by atoms with Crippen LogP contribution in [0.2, 0.25) is 0 Å². The van der Waals surface area contributed by atoms with Gasteiger partial charge in [0.15, 0.2) is 0 Å². The molecule has 0 radical (unpaired) electrons. The maximum absolute atomic E-state index is 11.5. The first-order valence-corrected chi connectivity index (χ1v) is 17.3. The lowest BCUT2D eigenvalue weighted by Crippen LogP contribution is -2.67. The van der Waals surface area contributed by atoms with Gasteiger partial charge in [0, 0.05) is 5.54 Å². The Morgan fingerprint density at radius 1 is 0.950 bits per heavy atom. The molecule has 10 atom stereocenters. The molecule has 0 heterocycles. The van der Waals surface area contributed by atoms with Crippen LogP contribution >= 0.6 is 0 Å². The molecule has 6 aliphatic rings. The molecule has 0 saturated heterocycles. The number of allylic oxidation sites excluding steroid dienone is 4. The van der Waals surface area contributed by atoms with E-state index in [0.29, 0.717) is 34.1 Å². The van der Waals surface area contributed by atoms with E-state index in [4.69, 9.17) is 0 Å². The van der Waals surface area contributed by atoms with Crippen LogP contribution in [0.25, 0.3) is 0 Å². The Morgan fingerprint density at radius 3 is 2.45 bits per heavy atom. The zero-order valence-electron chi connectivity index (χ0n) is 26.7. The van der Waals surface area contributed by atoms with Crippen LogP contribution in [0.15, 0.2) is 23.3 Å². The van der Waals surface area contributed by atoms with Gasteiger partial charge in [0.05, 0.1) is 5.92 Å². The Morgan fingerprint density at radius 2 is 1.75 bits per heavy atom. The van der Waals surface area contributed by atoms with Gasteiger partial charge < -0.3 is 10.4 Å². The molecule has 0 aromatic carbocycles. The van der Waals surface area contributed by atoms with Crippen LogP contribution in [0.5, 0.6) is 0 Å². The molecule has 6 aliphatic carbocycles. The first kappa shape index (κ1) is 29.0. The molecule has 0 bridgehead atoms. The van der Waals surface area contributed by atoms with Crippen LogP contribution in [-0.4, -0.2) is 23.2 Å². The van der Waals surface area contributed by atoms with Crippen LogP contribution in [0.4, 0.5) is 0 Å².